The van der Waals surface area contributed by atoms with Crippen molar-refractivity contribution in [2.75, 3.05) is 37.6 Å². The highest BCUT2D eigenvalue weighted by atomic mass is 16.2. The number of hydrogen-bond acceptors (Lipinski definition) is 4. The van der Waals surface area contributed by atoms with Crippen molar-refractivity contribution in [3.8, 4) is 0 Å². The summed E-state index contributed by atoms with van der Waals surface area (Å²) in [7, 11) is 0. The van der Waals surface area contributed by atoms with Gasteiger partial charge in [0, 0.05) is 45.3 Å². The lowest BCUT2D eigenvalue weighted by Crippen LogP contribution is -2.39. The van der Waals surface area contributed by atoms with E-state index in [2.05, 4.69) is 21.8 Å². The molecule has 0 saturated carbocycles. The molecular weight excluding hydrogens is 292 g/mol. The van der Waals surface area contributed by atoms with Gasteiger partial charge in [0.15, 0.2) is 0 Å². The molecule has 3 rings (SSSR count). The number of nitrogens with one attached hydrogen (secondary N) is 1. The largest absolute Gasteiger partial charge is 0.355 e. The van der Waals surface area contributed by atoms with Gasteiger partial charge in [0.1, 0.15) is 5.82 Å². The third-order valence-corrected chi connectivity index (χ3v) is 4.46. The van der Waals surface area contributed by atoms with E-state index in [0.717, 1.165) is 37.4 Å². The molecule has 1 N–H and O–H groups in total. The Balaban J connectivity index is 1.61. The van der Waals surface area contributed by atoms with E-state index < -0.39 is 0 Å². The van der Waals surface area contributed by atoms with Crippen LogP contribution in [0.2, 0.25) is 0 Å². The molecule has 23 heavy (non-hydrogen) atoms. The molecule has 1 atom stereocenters. The minimum absolute atomic E-state index is 0.0219. The van der Waals surface area contributed by atoms with Crippen molar-refractivity contribution in [1.82, 2.24) is 15.2 Å². The van der Waals surface area contributed by atoms with Gasteiger partial charge in [-0.1, -0.05) is 12.7 Å². The molecule has 2 aliphatic rings. The zero-order valence-electron chi connectivity index (χ0n) is 13.2. The average Bonchev–Trinajstić information content (AvgIpc) is 2.87. The third-order valence-electron chi connectivity index (χ3n) is 4.46. The molecule has 0 bridgehead atoms. The van der Waals surface area contributed by atoms with Crippen LogP contribution < -0.4 is 10.2 Å². The van der Waals surface area contributed by atoms with Crippen molar-refractivity contribution in [3.05, 3.63) is 30.5 Å². The highest BCUT2D eigenvalue weighted by Crippen LogP contribution is 2.18. The number of carbonyl (C=O) groups is 2. The van der Waals surface area contributed by atoms with E-state index in [1.54, 1.807) is 6.08 Å². The molecule has 3 heterocycles. The quantitative estimate of drug-likeness (QED) is 0.900. The predicted octanol–water partition coefficient (Wildman–Crippen LogP) is 0.899. The number of carbonyl (C=O) groups excluding carboxylic acids is 2. The molecule has 0 aliphatic carbocycles. The first kappa shape index (κ1) is 15.5. The van der Waals surface area contributed by atoms with Crippen molar-refractivity contribution in [2.45, 2.75) is 12.8 Å². The first-order chi connectivity index (χ1) is 11.2. The summed E-state index contributed by atoms with van der Waals surface area (Å²) in [4.78, 5) is 32.4. The molecule has 0 spiro atoms. The van der Waals surface area contributed by atoms with Gasteiger partial charge in [0.2, 0.25) is 11.8 Å². The third kappa shape index (κ3) is 3.52. The van der Waals surface area contributed by atoms with E-state index in [1.807, 2.05) is 23.2 Å². The van der Waals surface area contributed by atoms with Crippen molar-refractivity contribution >= 4 is 23.7 Å². The Hall–Kier alpha value is -2.37. The summed E-state index contributed by atoms with van der Waals surface area (Å²) in [6.07, 6.45) is 4.82. The fraction of sp³-hybridized carbons (Fsp3) is 0.471. The van der Waals surface area contributed by atoms with E-state index in [4.69, 9.17) is 0 Å². The Bertz CT molecular complexity index is 599. The smallest absolute Gasteiger partial charge is 0.228 e. The van der Waals surface area contributed by atoms with Crippen molar-refractivity contribution in [2.24, 2.45) is 5.92 Å². The van der Waals surface area contributed by atoms with Gasteiger partial charge in [-0.25, -0.2) is 4.98 Å². The van der Waals surface area contributed by atoms with E-state index in [0.29, 0.717) is 19.5 Å². The molecule has 2 amide bonds. The maximum Gasteiger partial charge on any atom is 0.228 e. The SMILES string of the molecule is C=Cc1ccc(N2CCCN(C(=O)C3CNC(=O)C3)CC2)nc1. The van der Waals surface area contributed by atoms with Gasteiger partial charge in [0.25, 0.3) is 0 Å². The molecule has 2 saturated heterocycles. The van der Waals surface area contributed by atoms with Crippen LogP contribution in [0.1, 0.15) is 18.4 Å². The van der Waals surface area contributed by atoms with Crippen molar-refractivity contribution < 1.29 is 9.59 Å². The second kappa shape index (κ2) is 6.81. The highest BCUT2D eigenvalue weighted by molar-refractivity contribution is 5.89. The van der Waals surface area contributed by atoms with E-state index in [1.165, 1.54) is 0 Å². The molecule has 122 valence electrons. The number of nitrogens with zero attached hydrogens (tertiary/aromatic N) is 3. The van der Waals surface area contributed by atoms with Gasteiger partial charge in [-0.05, 0) is 24.1 Å². The van der Waals surface area contributed by atoms with Crippen molar-refractivity contribution in [1.29, 1.82) is 0 Å². The summed E-state index contributed by atoms with van der Waals surface area (Å²) in [6.45, 7) is 7.27. The van der Waals surface area contributed by atoms with Crippen LogP contribution in [0.4, 0.5) is 5.82 Å². The molecule has 2 aliphatic heterocycles. The lowest BCUT2D eigenvalue weighted by Gasteiger charge is -2.24. The molecule has 1 aromatic rings. The first-order valence-corrected chi connectivity index (χ1v) is 8.06. The molecule has 0 radical (unpaired) electrons. The molecule has 1 aromatic heterocycles. The minimum Gasteiger partial charge on any atom is -0.355 e. The van der Waals surface area contributed by atoms with Gasteiger partial charge in [-0.15, -0.1) is 0 Å². The Labute approximate surface area is 136 Å². The number of anilines is 1. The van der Waals surface area contributed by atoms with Gasteiger partial charge in [-0.2, -0.15) is 0 Å². The van der Waals surface area contributed by atoms with Crippen molar-refractivity contribution in [3.63, 3.8) is 0 Å². The standard InChI is InChI=1S/C17H22N4O2/c1-2-13-4-5-15(18-11-13)20-6-3-7-21(9-8-20)17(23)14-10-16(22)19-12-14/h2,4-5,11,14H,1,3,6-10,12H2,(H,19,22). The Morgan fingerprint density at radius 2 is 2.17 bits per heavy atom. The van der Waals surface area contributed by atoms with Crippen LogP contribution >= 0.6 is 0 Å². The zero-order chi connectivity index (χ0) is 16.2. The summed E-state index contributed by atoms with van der Waals surface area (Å²) in [5.41, 5.74) is 0.999. The van der Waals surface area contributed by atoms with Crippen LogP contribution in [-0.4, -0.2) is 54.4 Å². The monoisotopic (exact) mass is 314 g/mol. The molecule has 2 fully saturated rings. The normalized spacial score (nSPS) is 21.7. The summed E-state index contributed by atoms with van der Waals surface area (Å²) in [5.74, 6) is 0.813. The number of amides is 2. The number of aromatic nitrogens is 1. The number of pyridine rings is 1. The summed E-state index contributed by atoms with van der Waals surface area (Å²) >= 11 is 0. The van der Waals surface area contributed by atoms with Crippen LogP contribution in [-0.2, 0) is 9.59 Å². The van der Waals surface area contributed by atoms with Gasteiger partial charge in [0.05, 0.1) is 5.92 Å². The lowest BCUT2D eigenvalue weighted by atomic mass is 10.1. The average molecular weight is 314 g/mol. The Kier molecular flexibility index (Phi) is 4.60. The molecule has 6 heteroatoms. The molecule has 6 nitrogen and oxygen atoms in total. The van der Waals surface area contributed by atoms with E-state index in [9.17, 15) is 9.59 Å². The van der Waals surface area contributed by atoms with Crippen LogP contribution in [0, 0.1) is 5.92 Å². The maximum atomic E-state index is 12.5. The summed E-state index contributed by atoms with van der Waals surface area (Å²) in [5, 5.41) is 2.74. The van der Waals surface area contributed by atoms with Gasteiger partial charge in [-0.3, -0.25) is 9.59 Å². The van der Waals surface area contributed by atoms with Crippen LogP contribution in [0.5, 0.6) is 0 Å². The second-order valence-electron chi connectivity index (χ2n) is 6.02. The Morgan fingerprint density at radius 3 is 2.83 bits per heavy atom. The lowest BCUT2D eigenvalue weighted by molar-refractivity contribution is -0.135. The van der Waals surface area contributed by atoms with E-state index >= 15 is 0 Å². The fourth-order valence-electron chi connectivity index (χ4n) is 3.11. The minimum atomic E-state index is -0.195. The molecular formula is C17H22N4O2. The first-order valence-electron chi connectivity index (χ1n) is 8.06. The summed E-state index contributed by atoms with van der Waals surface area (Å²) < 4.78 is 0. The van der Waals surface area contributed by atoms with Crippen LogP contribution in [0.15, 0.2) is 24.9 Å². The number of hydrogen-bond donors (Lipinski definition) is 1. The molecule has 0 aromatic carbocycles. The fourth-order valence-corrected chi connectivity index (χ4v) is 3.11. The summed E-state index contributed by atoms with van der Waals surface area (Å²) in [6, 6.07) is 3.99. The Morgan fingerprint density at radius 1 is 1.30 bits per heavy atom. The topological polar surface area (TPSA) is 65.5 Å². The maximum absolute atomic E-state index is 12.5. The molecule has 1 unspecified atom stereocenters. The zero-order valence-corrected chi connectivity index (χ0v) is 13.2. The number of rotatable bonds is 3. The van der Waals surface area contributed by atoms with Crippen LogP contribution in [0.3, 0.4) is 0 Å². The van der Waals surface area contributed by atoms with Gasteiger partial charge < -0.3 is 15.1 Å². The van der Waals surface area contributed by atoms with Gasteiger partial charge >= 0.3 is 0 Å². The van der Waals surface area contributed by atoms with E-state index in [-0.39, 0.29) is 17.7 Å². The predicted molar refractivity (Wildman–Crippen MR) is 88.9 cm³/mol. The second-order valence-corrected chi connectivity index (χ2v) is 6.02. The van der Waals surface area contributed by atoms with Crippen LogP contribution in [0.25, 0.3) is 6.08 Å². The highest BCUT2D eigenvalue weighted by Gasteiger charge is 2.32.